The van der Waals surface area contributed by atoms with Gasteiger partial charge < -0.3 is 21.9 Å². The van der Waals surface area contributed by atoms with Crippen molar-refractivity contribution in [2.24, 2.45) is 27.2 Å². The minimum atomic E-state index is -0.554. The van der Waals surface area contributed by atoms with Crippen molar-refractivity contribution >= 4 is 17.6 Å². The van der Waals surface area contributed by atoms with Gasteiger partial charge in [-0.1, -0.05) is 19.9 Å². The predicted molar refractivity (Wildman–Crippen MR) is 78.5 cm³/mol. The van der Waals surface area contributed by atoms with Gasteiger partial charge in [0.2, 0.25) is 5.96 Å². The lowest BCUT2D eigenvalue weighted by Crippen LogP contribution is -2.26. The van der Waals surface area contributed by atoms with E-state index in [0.717, 1.165) is 12.8 Å². The highest BCUT2D eigenvalue weighted by Gasteiger charge is 2.13. The lowest BCUT2D eigenvalue weighted by molar-refractivity contribution is 0.193. The van der Waals surface area contributed by atoms with Crippen LogP contribution in [0.15, 0.2) is 28.2 Å². The van der Waals surface area contributed by atoms with E-state index in [4.69, 9.17) is 21.9 Å². The van der Waals surface area contributed by atoms with Gasteiger partial charge in [-0.2, -0.15) is 4.99 Å². The van der Waals surface area contributed by atoms with E-state index in [9.17, 15) is 4.39 Å². The molecular weight excluding hydrogens is 261 g/mol. The number of rotatable bonds is 5. The lowest BCUT2D eigenvalue weighted by atomic mass is 10.2. The molecule has 0 saturated carbocycles. The van der Waals surface area contributed by atoms with E-state index < -0.39 is 5.82 Å². The van der Waals surface area contributed by atoms with Gasteiger partial charge in [0.1, 0.15) is 11.4 Å². The molecule has 0 unspecified atom stereocenters. The molecular formula is C13H20FN5O. The van der Waals surface area contributed by atoms with E-state index >= 15 is 0 Å². The average molecular weight is 281 g/mol. The molecule has 6 nitrogen and oxygen atoms in total. The maximum Gasteiger partial charge on any atom is 0.224 e. The molecule has 0 radical (unpaired) electrons. The van der Waals surface area contributed by atoms with Crippen molar-refractivity contribution in [1.82, 2.24) is 0 Å². The van der Waals surface area contributed by atoms with Crippen LogP contribution in [0.1, 0.15) is 26.7 Å². The summed E-state index contributed by atoms with van der Waals surface area (Å²) >= 11 is 0. The number of benzene rings is 1. The molecule has 20 heavy (non-hydrogen) atoms. The Kier molecular flexibility index (Phi) is 5.76. The topological polar surface area (TPSA) is 112 Å². The van der Waals surface area contributed by atoms with Crippen molar-refractivity contribution in [3.63, 3.8) is 0 Å². The third-order valence-electron chi connectivity index (χ3n) is 2.62. The molecule has 0 aliphatic carbocycles. The fourth-order valence-electron chi connectivity index (χ4n) is 1.61. The molecule has 1 aromatic rings. The Morgan fingerprint density at radius 2 is 1.90 bits per heavy atom. The van der Waals surface area contributed by atoms with Gasteiger partial charge in [0, 0.05) is 0 Å². The molecule has 0 amide bonds. The molecule has 1 aromatic carbocycles. The second kappa shape index (κ2) is 7.32. The van der Waals surface area contributed by atoms with Crippen LogP contribution in [0.25, 0.3) is 0 Å². The van der Waals surface area contributed by atoms with Crippen LogP contribution in [0.2, 0.25) is 0 Å². The third-order valence-corrected chi connectivity index (χ3v) is 2.62. The van der Waals surface area contributed by atoms with E-state index in [0.29, 0.717) is 5.75 Å². The second-order valence-corrected chi connectivity index (χ2v) is 4.15. The highest BCUT2D eigenvalue weighted by molar-refractivity contribution is 5.93. The first kappa shape index (κ1) is 15.7. The Morgan fingerprint density at radius 1 is 1.25 bits per heavy atom. The molecule has 1 rings (SSSR count). The second-order valence-electron chi connectivity index (χ2n) is 4.15. The maximum absolute atomic E-state index is 13.9. The first-order chi connectivity index (χ1) is 9.47. The molecule has 0 aliphatic rings. The smallest absolute Gasteiger partial charge is 0.224 e. The van der Waals surface area contributed by atoms with Crippen molar-refractivity contribution in [3.05, 3.63) is 24.0 Å². The zero-order valence-electron chi connectivity index (χ0n) is 11.6. The van der Waals surface area contributed by atoms with Crippen LogP contribution in [-0.2, 0) is 0 Å². The number of hydrogen-bond donors (Lipinski definition) is 3. The summed E-state index contributed by atoms with van der Waals surface area (Å²) < 4.78 is 19.6. The summed E-state index contributed by atoms with van der Waals surface area (Å²) in [4.78, 5) is 7.42. The SMILES string of the molecule is CCC(CC)Oc1cccc(F)c1N=C(N)N=C(N)N. The molecule has 110 valence electrons. The molecule has 0 spiro atoms. The fraction of sp³-hybridized carbons (Fsp3) is 0.385. The Hall–Kier alpha value is -2.31. The number of aliphatic imine (C=N–C) groups is 2. The Morgan fingerprint density at radius 3 is 2.45 bits per heavy atom. The standard InChI is InChI=1S/C13H20FN5O/c1-3-8(4-2)20-10-7-5-6-9(14)11(10)18-13(17)19-12(15)16/h5-8H,3-4H2,1-2H3,(H6,15,16,17,18,19). The lowest BCUT2D eigenvalue weighted by Gasteiger charge is -2.17. The summed E-state index contributed by atoms with van der Waals surface area (Å²) in [6.07, 6.45) is 1.59. The van der Waals surface area contributed by atoms with Crippen LogP contribution in [0.5, 0.6) is 5.75 Å². The van der Waals surface area contributed by atoms with E-state index in [2.05, 4.69) is 9.98 Å². The molecule has 0 atom stereocenters. The number of para-hydroxylation sites is 1. The summed E-state index contributed by atoms with van der Waals surface area (Å²) in [5, 5.41) is 0. The summed E-state index contributed by atoms with van der Waals surface area (Å²) in [5.41, 5.74) is 15.9. The molecule has 0 aliphatic heterocycles. The summed E-state index contributed by atoms with van der Waals surface area (Å²) in [5.74, 6) is -0.718. The molecule has 0 heterocycles. The van der Waals surface area contributed by atoms with Crippen LogP contribution in [0.4, 0.5) is 10.1 Å². The quantitative estimate of drug-likeness (QED) is 0.562. The minimum Gasteiger partial charge on any atom is -0.488 e. The molecule has 7 heteroatoms. The van der Waals surface area contributed by atoms with Gasteiger partial charge in [0.05, 0.1) is 6.10 Å². The van der Waals surface area contributed by atoms with Gasteiger partial charge in [-0.25, -0.2) is 9.38 Å². The van der Waals surface area contributed by atoms with E-state index in [-0.39, 0.29) is 23.7 Å². The largest absolute Gasteiger partial charge is 0.488 e. The highest BCUT2D eigenvalue weighted by atomic mass is 19.1. The van der Waals surface area contributed by atoms with Crippen molar-refractivity contribution in [2.75, 3.05) is 0 Å². The van der Waals surface area contributed by atoms with Crippen molar-refractivity contribution < 1.29 is 9.13 Å². The summed E-state index contributed by atoms with van der Waals surface area (Å²) in [6.45, 7) is 3.98. The van der Waals surface area contributed by atoms with E-state index in [1.54, 1.807) is 12.1 Å². The number of halogens is 1. The Bertz CT molecular complexity index is 507. The zero-order chi connectivity index (χ0) is 15.1. The average Bonchev–Trinajstić information content (AvgIpc) is 2.38. The zero-order valence-corrected chi connectivity index (χ0v) is 11.6. The number of nitrogens with two attached hydrogens (primary N) is 3. The van der Waals surface area contributed by atoms with Crippen LogP contribution in [-0.4, -0.2) is 18.0 Å². The van der Waals surface area contributed by atoms with Crippen LogP contribution in [0.3, 0.4) is 0 Å². The number of ether oxygens (including phenoxy) is 1. The normalized spacial score (nSPS) is 11.5. The van der Waals surface area contributed by atoms with Crippen LogP contribution in [0, 0.1) is 5.82 Å². The van der Waals surface area contributed by atoms with Crippen molar-refractivity contribution in [1.29, 1.82) is 0 Å². The van der Waals surface area contributed by atoms with Gasteiger partial charge in [0.15, 0.2) is 11.8 Å². The minimum absolute atomic E-state index is 0.0121. The predicted octanol–water partition coefficient (Wildman–Crippen LogP) is 1.61. The molecule has 6 N–H and O–H groups in total. The van der Waals surface area contributed by atoms with E-state index in [1.807, 2.05) is 13.8 Å². The van der Waals surface area contributed by atoms with Crippen molar-refractivity contribution in [3.8, 4) is 5.75 Å². The van der Waals surface area contributed by atoms with Gasteiger partial charge >= 0.3 is 0 Å². The first-order valence-electron chi connectivity index (χ1n) is 6.36. The summed E-state index contributed by atoms with van der Waals surface area (Å²) in [6, 6.07) is 4.44. The first-order valence-corrected chi connectivity index (χ1v) is 6.36. The third kappa shape index (κ3) is 4.42. The Balaban J connectivity index is 3.14. The number of nitrogens with zero attached hydrogens (tertiary/aromatic N) is 2. The monoisotopic (exact) mass is 281 g/mol. The fourth-order valence-corrected chi connectivity index (χ4v) is 1.61. The van der Waals surface area contributed by atoms with Crippen molar-refractivity contribution in [2.45, 2.75) is 32.8 Å². The highest BCUT2D eigenvalue weighted by Crippen LogP contribution is 2.32. The molecule has 0 aromatic heterocycles. The van der Waals surface area contributed by atoms with Gasteiger partial charge in [-0.3, -0.25) is 0 Å². The Labute approximate surface area is 117 Å². The number of guanidine groups is 2. The molecule has 0 fully saturated rings. The van der Waals surface area contributed by atoms with Gasteiger partial charge in [-0.05, 0) is 25.0 Å². The number of hydrogen-bond acceptors (Lipinski definition) is 2. The van der Waals surface area contributed by atoms with E-state index in [1.165, 1.54) is 6.07 Å². The summed E-state index contributed by atoms with van der Waals surface area (Å²) in [7, 11) is 0. The maximum atomic E-state index is 13.9. The molecule has 0 bridgehead atoms. The van der Waals surface area contributed by atoms with Gasteiger partial charge in [0.25, 0.3) is 0 Å². The van der Waals surface area contributed by atoms with Gasteiger partial charge in [-0.15, -0.1) is 0 Å². The van der Waals surface area contributed by atoms with Crippen LogP contribution < -0.4 is 21.9 Å². The molecule has 0 saturated heterocycles. The van der Waals surface area contributed by atoms with Crippen LogP contribution >= 0.6 is 0 Å².